The third-order valence-corrected chi connectivity index (χ3v) is 4.61. The fourth-order valence-corrected chi connectivity index (χ4v) is 2.69. The molecule has 0 unspecified atom stereocenters. The molecule has 1 aromatic heterocycles. The molecule has 0 atom stereocenters. The van der Waals surface area contributed by atoms with Crippen molar-refractivity contribution in [2.24, 2.45) is 5.10 Å². The molecule has 0 bridgehead atoms. The van der Waals surface area contributed by atoms with Crippen molar-refractivity contribution in [2.75, 3.05) is 0 Å². The van der Waals surface area contributed by atoms with Crippen molar-refractivity contribution in [3.05, 3.63) is 74.8 Å². The van der Waals surface area contributed by atoms with Gasteiger partial charge in [0.2, 0.25) is 0 Å². The summed E-state index contributed by atoms with van der Waals surface area (Å²) in [6.45, 7) is 1.84. The van der Waals surface area contributed by atoms with Crippen molar-refractivity contribution in [1.82, 2.24) is 15.6 Å². The molecular weight excluding hydrogens is 448 g/mol. The highest BCUT2D eigenvalue weighted by molar-refractivity contribution is 9.10. The summed E-state index contributed by atoms with van der Waals surface area (Å²) in [5.74, 6) is -0.340. The SMILES string of the molecule is CC(=NNC(=O)c1cc(-c2ccc(Br)cc2)n[nH]1)c1ccc(Br)cc1. The van der Waals surface area contributed by atoms with E-state index in [1.807, 2.05) is 55.5 Å². The Morgan fingerprint density at radius 3 is 2.28 bits per heavy atom. The van der Waals surface area contributed by atoms with E-state index in [0.717, 1.165) is 20.1 Å². The van der Waals surface area contributed by atoms with Gasteiger partial charge in [0.05, 0.1) is 11.4 Å². The van der Waals surface area contributed by atoms with Gasteiger partial charge in [0.15, 0.2) is 0 Å². The monoisotopic (exact) mass is 460 g/mol. The van der Waals surface area contributed by atoms with Gasteiger partial charge >= 0.3 is 0 Å². The molecule has 7 heteroatoms. The van der Waals surface area contributed by atoms with Crippen LogP contribution in [0.2, 0.25) is 0 Å². The maximum absolute atomic E-state index is 12.2. The third kappa shape index (κ3) is 4.43. The Balaban J connectivity index is 1.70. The number of hydrogen-bond acceptors (Lipinski definition) is 3. The number of H-pyrrole nitrogens is 1. The van der Waals surface area contributed by atoms with Crippen LogP contribution in [0, 0.1) is 0 Å². The van der Waals surface area contributed by atoms with Crippen molar-refractivity contribution >= 4 is 43.5 Å². The zero-order valence-electron chi connectivity index (χ0n) is 13.3. The minimum atomic E-state index is -0.340. The normalized spacial score (nSPS) is 11.4. The number of nitrogens with zero attached hydrogens (tertiary/aromatic N) is 2. The van der Waals surface area contributed by atoms with Crippen LogP contribution in [0.4, 0.5) is 0 Å². The van der Waals surface area contributed by atoms with Crippen LogP contribution in [0.1, 0.15) is 23.0 Å². The number of aromatic nitrogens is 2. The largest absolute Gasteiger partial charge is 0.289 e. The Kier molecular flexibility index (Phi) is 5.45. The molecule has 0 saturated carbocycles. The highest BCUT2D eigenvalue weighted by Gasteiger charge is 2.10. The molecule has 0 aliphatic heterocycles. The number of hydrogen-bond donors (Lipinski definition) is 2. The van der Waals surface area contributed by atoms with E-state index in [0.29, 0.717) is 17.1 Å². The van der Waals surface area contributed by atoms with Gasteiger partial charge in [0.1, 0.15) is 5.69 Å². The summed E-state index contributed by atoms with van der Waals surface area (Å²) < 4.78 is 1.98. The van der Waals surface area contributed by atoms with Gasteiger partial charge in [0, 0.05) is 14.5 Å². The Morgan fingerprint density at radius 2 is 1.64 bits per heavy atom. The van der Waals surface area contributed by atoms with Crippen molar-refractivity contribution in [3.63, 3.8) is 0 Å². The average Bonchev–Trinajstić information content (AvgIpc) is 3.11. The summed E-state index contributed by atoms with van der Waals surface area (Å²) in [6, 6.07) is 17.1. The number of benzene rings is 2. The van der Waals surface area contributed by atoms with Crippen LogP contribution in [0.3, 0.4) is 0 Å². The number of carbonyl (C=O) groups is 1. The summed E-state index contributed by atoms with van der Waals surface area (Å²) in [5.41, 5.74) is 6.17. The van der Waals surface area contributed by atoms with Crippen LogP contribution < -0.4 is 5.43 Å². The summed E-state index contributed by atoms with van der Waals surface area (Å²) in [7, 11) is 0. The number of carbonyl (C=O) groups excluding carboxylic acids is 1. The molecule has 0 aliphatic rings. The average molecular weight is 462 g/mol. The predicted molar refractivity (Wildman–Crippen MR) is 106 cm³/mol. The van der Waals surface area contributed by atoms with Crippen molar-refractivity contribution < 1.29 is 4.79 Å². The van der Waals surface area contributed by atoms with E-state index in [1.54, 1.807) is 6.07 Å². The third-order valence-electron chi connectivity index (χ3n) is 3.55. The number of aromatic amines is 1. The van der Waals surface area contributed by atoms with Gasteiger partial charge in [-0.3, -0.25) is 9.89 Å². The summed E-state index contributed by atoms with van der Waals surface area (Å²) in [4.78, 5) is 12.2. The van der Waals surface area contributed by atoms with Gasteiger partial charge in [-0.25, -0.2) is 5.43 Å². The van der Waals surface area contributed by atoms with Gasteiger partial charge in [-0.1, -0.05) is 56.1 Å². The smallest absolute Gasteiger partial charge is 0.272 e. The lowest BCUT2D eigenvalue weighted by Gasteiger charge is -2.02. The fourth-order valence-electron chi connectivity index (χ4n) is 2.16. The van der Waals surface area contributed by atoms with Gasteiger partial charge in [-0.05, 0) is 42.8 Å². The van der Waals surface area contributed by atoms with E-state index in [9.17, 15) is 4.79 Å². The van der Waals surface area contributed by atoms with Crippen LogP contribution >= 0.6 is 31.9 Å². The lowest BCUT2D eigenvalue weighted by Crippen LogP contribution is -2.19. The van der Waals surface area contributed by atoms with Gasteiger partial charge in [0.25, 0.3) is 5.91 Å². The van der Waals surface area contributed by atoms with Crippen molar-refractivity contribution in [1.29, 1.82) is 0 Å². The lowest BCUT2D eigenvalue weighted by atomic mass is 10.1. The summed E-state index contributed by atoms with van der Waals surface area (Å²) >= 11 is 6.78. The minimum Gasteiger partial charge on any atom is -0.272 e. The van der Waals surface area contributed by atoms with Crippen LogP contribution in [-0.2, 0) is 0 Å². The second kappa shape index (κ2) is 7.76. The molecule has 25 heavy (non-hydrogen) atoms. The van der Waals surface area contributed by atoms with Crippen molar-refractivity contribution in [2.45, 2.75) is 6.92 Å². The molecule has 0 fully saturated rings. The molecule has 2 N–H and O–H groups in total. The van der Waals surface area contributed by atoms with E-state index in [-0.39, 0.29) is 5.91 Å². The highest BCUT2D eigenvalue weighted by atomic mass is 79.9. The molecule has 5 nitrogen and oxygen atoms in total. The molecule has 0 radical (unpaired) electrons. The van der Waals surface area contributed by atoms with Gasteiger partial charge in [-0.2, -0.15) is 10.2 Å². The fraction of sp³-hybridized carbons (Fsp3) is 0.0556. The molecule has 0 saturated heterocycles. The van der Waals surface area contributed by atoms with E-state index < -0.39 is 0 Å². The lowest BCUT2D eigenvalue weighted by molar-refractivity contribution is 0.0950. The number of rotatable bonds is 4. The number of halogens is 2. The van der Waals surface area contributed by atoms with Crippen LogP contribution in [-0.4, -0.2) is 21.8 Å². The molecule has 0 aliphatic carbocycles. The van der Waals surface area contributed by atoms with Crippen LogP contribution in [0.5, 0.6) is 0 Å². The molecule has 126 valence electrons. The first-order chi connectivity index (χ1) is 12.0. The molecular formula is C18H14Br2N4O. The van der Waals surface area contributed by atoms with E-state index in [4.69, 9.17) is 0 Å². The first kappa shape index (κ1) is 17.6. The zero-order valence-corrected chi connectivity index (χ0v) is 16.4. The van der Waals surface area contributed by atoms with Crippen molar-refractivity contribution in [3.8, 4) is 11.3 Å². The molecule has 1 heterocycles. The van der Waals surface area contributed by atoms with Gasteiger partial charge < -0.3 is 0 Å². The molecule has 0 spiro atoms. The first-order valence-electron chi connectivity index (χ1n) is 7.45. The van der Waals surface area contributed by atoms with Crippen LogP contribution in [0.25, 0.3) is 11.3 Å². The quantitative estimate of drug-likeness (QED) is 0.434. The summed E-state index contributed by atoms with van der Waals surface area (Å²) in [6.07, 6.45) is 0. The standard InChI is InChI=1S/C18H14Br2N4O/c1-11(12-2-6-14(19)7-3-12)21-24-18(25)17-10-16(22-23-17)13-4-8-15(20)9-5-13/h2-10H,1H3,(H,22,23)(H,24,25). The zero-order chi connectivity index (χ0) is 17.8. The second-order valence-electron chi connectivity index (χ2n) is 5.32. The Morgan fingerprint density at radius 1 is 1.04 bits per heavy atom. The maximum Gasteiger partial charge on any atom is 0.289 e. The highest BCUT2D eigenvalue weighted by Crippen LogP contribution is 2.20. The molecule has 3 rings (SSSR count). The van der Waals surface area contributed by atoms with Gasteiger partial charge in [-0.15, -0.1) is 0 Å². The number of nitrogens with one attached hydrogen (secondary N) is 2. The number of amides is 1. The molecule has 3 aromatic rings. The number of hydrazone groups is 1. The minimum absolute atomic E-state index is 0.340. The topological polar surface area (TPSA) is 70.1 Å². The van der Waals surface area contributed by atoms with E-state index in [2.05, 4.69) is 52.6 Å². The molecule has 1 amide bonds. The van der Waals surface area contributed by atoms with E-state index in [1.165, 1.54) is 0 Å². The second-order valence-corrected chi connectivity index (χ2v) is 7.15. The van der Waals surface area contributed by atoms with Crippen LogP contribution in [0.15, 0.2) is 68.6 Å². The maximum atomic E-state index is 12.2. The Hall–Kier alpha value is -2.25. The van der Waals surface area contributed by atoms with E-state index >= 15 is 0 Å². The Labute approximate surface area is 161 Å². The first-order valence-corrected chi connectivity index (χ1v) is 9.03. The summed E-state index contributed by atoms with van der Waals surface area (Å²) in [5, 5.41) is 11.1. The molecule has 2 aromatic carbocycles. The Bertz CT molecular complexity index is 915. The predicted octanol–water partition coefficient (Wildman–Crippen LogP) is 4.76.